The smallest absolute Gasteiger partial charge is 0.123 e. The van der Waals surface area contributed by atoms with Gasteiger partial charge in [-0.15, -0.1) is 0 Å². The lowest BCUT2D eigenvalue weighted by atomic mass is 10.1. The lowest BCUT2D eigenvalue weighted by Crippen LogP contribution is -2.52. The fraction of sp³-hybridized carbons (Fsp3) is 0.417. The van der Waals surface area contributed by atoms with E-state index >= 15 is 0 Å². The summed E-state index contributed by atoms with van der Waals surface area (Å²) in [6.45, 7) is 9.07. The molecule has 2 aromatic carbocycles. The second-order valence-electron chi connectivity index (χ2n) is 8.22. The first kappa shape index (κ1) is 20.1. The lowest BCUT2D eigenvalue weighted by molar-refractivity contribution is 0.0494. The van der Waals surface area contributed by atoms with Gasteiger partial charge in [0.25, 0.3) is 0 Å². The van der Waals surface area contributed by atoms with E-state index in [0.717, 1.165) is 44.7 Å². The van der Waals surface area contributed by atoms with Crippen LogP contribution in [-0.2, 0) is 13.1 Å². The average molecular weight is 396 g/mol. The van der Waals surface area contributed by atoms with Gasteiger partial charge in [0.2, 0.25) is 0 Å². The standard InChI is InChI=1S/C24H30FN3O/c1-17-4-3-5-22-18(2)23(26-24(17)22)16-27-11-12-28(21(15-27)10-13-29)14-19-6-8-20(25)9-7-19/h3-9,21,26,29H,10-16H2,1-2H3/t21-/m0/s1. The number of nitrogens with one attached hydrogen (secondary N) is 1. The van der Waals surface area contributed by atoms with Gasteiger partial charge in [-0.25, -0.2) is 4.39 Å². The van der Waals surface area contributed by atoms with Gasteiger partial charge in [0, 0.05) is 62.0 Å². The van der Waals surface area contributed by atoms with Gasteiger partial charge in [-0.1, -0.05) is 30.3 Å². The molecule has 1 atom stereocenters. The molecular weight excluding hydrogens is 365 g/mol. The van der Waals surface area contributed by atoms with Crippen molar-refractivity contribution in [2.24, 2.45) is 0 Å². The number of rotatable bonds is 6. The monoisotopic (exact) mass is 395 g/mol. The van der Waals surface area contributed by atoms with Gasteiger partial charge in [-0.3, -0.25) is 9.80 Å². The number of benzene rings is 2. The Labute approximate surface area is 172 Å². The number of H-pyrrole nitrogens is 1. The molecule has 0 unspecified atom stereocenters. The lowest BCUT2D eigenvalue weighted by Gasteiger charge is -2.41. The summed E-state index contributed by atoms with van der Waals surface area (Å²) >= 11 is 0. The Balaban J connectivity index is 1.46. The first-order chi connectivity index (χ1) is 14.0. The van der Waals surface area contributed by atoms with Gasteiger partial charge in [0.05, 0.1) is 0 Å². The fourth-order valence-corrected chi connectivity index (χ4v) is 4.49. The highest BCUT2D eigenvalue weighted by molar-refractivity contribution is 5.86. The Hall–Kier alpha value is -2.21. The van der Waals surface area contributed by atoms with Crippen molar-refractivity contribution in [3.05, 3.63) is 70.7 Å². The maximum absolute atomic E-state index is 13.2. The minimum atomic E-state index is -0.200. The minimum absolute atomic E-state index is 0.184. The molecule has 0 radical (unpaired) electrons. The van der Waals surface area contributed by atoms with Crippen LogP contribution in [0.5, 0.6) is 0 Å². The number of piperazine rings is 1. The van der Waals surface area contributed by atoms with Crippen molar-refractivity contribution in [2.45, 2.75) is 39.4 Å². The van der Waals surface area contributed by atoms with Crippen molar-refractivity contribution < 1.29 is 9.50 Å². The van der Waals surface area contributed by atoms with Crippen molar-refractivity contribution in [2.75, 3.05) is 26.2 Å². The van der Waals surface area contributed by atoms with E-state index < -0.39 is 0 Å². The van der Waals surface area contributed by atoms with Gasteiger partial charge in [-0.05, 0) is 49.1 Å². The van der Waals surface area contributed by atoms with Crippen LogP contribution in [0.4, 0.5) is 4.39 Å². The molecule has 4 rings (SSSR count). The van der Waals surface area contributed by atoms with Crippen LogP contribution in [0.3, 0.4) is 0 Å². The van der Waals surface area contributed by atoms with Crippen LogP contribution >= 0.6 is 0 Å². The van der Waals surface area contributed by atoms with E-state index in [4.69, 9.17) is 0 Å². The number of hydrogen-bond acceptors (Lipinski definition) is 3. The molecule has 1 fully saturated rings. The molecule has 4 nitrogen and oxygen atoms in total. The highest BCUT2D eigenvalue weighted by Crippen LogP contribution is 2.26. The number of aryl methyl sites for hydroxylation is 2. The number of para-hydroxylation sites is 1. The quantitative estimate of drug-likeness (QED) is 0.663. The molecule has 1 aromatic heterocycles. The van der Waals surface area contributed by atoms with Crippen LogP contribution < -0.4 is 0 Å². The van der Waals surface area contributed by atoms with Gasteiger partial charge >= 0.3 is 0 Å². The van der Waals surface area contributed by atoms with Crippen LogP contribution in [0.2, 0.25) is 0 Å². The molecule has 2 N–H and O–H groups in total. The molecule has 0 spiro atoms. The number of hydrogen-bond donors (Lipinski definition) is 2. The van der Waals surface area contributed by atoms with Gasteiger partial charge < -0.3 is 10.1 Å². The molecule has 3 aromatic rings. The van der Waals surface area contributed by atoms with Gasteiger partial charge in [-0.2, -0.15) is 0 Å². The molecule has 0 bridgehead atoms. The summed E-state index contributed by atoms with van der Waals surface area (Å²) in [4.78, 5) is 8.54. The van der Waals surface area contributed by atoms with E-state index in [1.165, 1.54) is 39.9 Å². The van der Waals surface area contributed by atoms with Crippen LogP contribution in [0, 0.1) is 19.7 Å². The Morgan fingerprint density at radius 3 is 2.59 bits per heavy atom. The molecular formula is C24H30FN3O. The van der Waals surface area contributed by atoms with Crippen molar-refractivity contribution >= 4 is 10.9 Å². The Morgan fingerprint density at radius 1 is 1.07 bits per heavy atom. The van der Waals surface area contributed by atoms with E-state index in [0.29, 0.717) is 6.04 Å². The molecule has 29 heavy (non-hydrogen) atoms. The Bertz CT molecular complexity index is 966. The number of aliphatic hydroxyl groups excluding tert-OH is 1. The van der Waals surface area contributed by atoms with Crippen molar-refractivity contribution in [1.29, 1.82) is 0 Å². The average Bonchev–Trinajstić information content (AvgIpc) is 3.03. The number of nitrogens with zero attached hydrogens (tertiary/aromatic N) is 2. The van der Waals surface area contributed by atoms with E-state index in [1.807, 2.05) is 12.1 Å². The SMILES string of the molecule is Cc1c(CN2CCN(Cc3ccc(F)cc3)[C@@H](CCO)C2)[nH]c2c(C)cccc12. The summed E-state index contributed by atoms with van der Waals surface area (Å²) in [5.41, 5.74) is 6.24. The van der Waals surface area contributed by atoms with Crippen molar-refractivity contribution in [1.82, 2.24) is 14.8 Å². The second kappa shape index (κ2) is 8.66. The number of aromatic amines is 1. The summed E-state index contributed by atoms with van der Waals surface area (Å²) in [6, 6.07) is 13.5. The summed E-state index contributed by atoms with van der Waals surface area (Å²) in [7, 11) is 0. The number of halogens is 1. The third-order valence-electron chi connectivity index (χ3n) is 6.24. The molecule has 2 heterocycles. The maximum Gasteiger partial charge on any atom is 0.123 e. The van der Waals surface area contributed by atoms with Gasteiger partial charge in [0.1, 0.15) is 5.82 Å². The van der Waals surface area contributed by atoms with Crippen LogP contribution in [0.25, 0.3) is 10.9 Å². The van der Waals surface area contributed by atoms with E-state index in [-0.39, 0.29) is 12.4 Å². The van der Waals surface area contributed by atoms with Crippen LogP contribution in [0.1, 0.15) is 28.8 Å². The van der Waals surface area contributed by atoms with Crippen molar-refractivity contribution in [3.8, 4) is 0 Å². The third kappa shape index (κ3) is 4.37. The molecule has 1 aliphatic rings. The number of aliphatic hydroxyl groups is 1. The molecule has 0 aliphatic carbocycles. The zero-order chi connectivity index (χ0) is 20.4. The van der Waals surface area contributed by atoms with E-state index in [9.17, 15) is 9.50 Å². The molecule has 5 heteroatoms. The Kier molecular flexibility index (Phi) is 5.99. The van der Waals surface area contributed by atoms with E-state index in [2.05, 4.69) is 46.8 Å². The summed E-state index contributed by atoms with van der Waals surface area (Å²) in [5, 5.41) is 10.9. The number of aromatic nitrogens is 1. The normalized spacial score (nSPS) is 18.6. The summed E-state index contributed by atoms with van der Waals surface area (Å²) in [6.07, 6.45) is 0.752. The maximum atomic E-state index is 13.2. The van der Waals surface area contributed by atoms with E-state index in [1.54, 1.807) is 0 Å². The first-order valence-corrected chi connectivity index (χ1v) is 10.4. The summed E-state index contributed by atoms with van der Waals surface area (Å²) < 4.78 is 13.2. The second-order valence-corrected chi connectivity index (χ2v) is 8.22. The first-order valence-electron chi connectivity index (χ1n) is 10.4. The number of fused-ring (bicyclic) bond motifs is 1. The predicted molar refractivity (Wildman–Crippen MR) is 115 cm³/mol. The topological polar surface area (TPSA) is 42.5 Å². The third-order valence-corrected chi connectivity index (χ3v) is 6.24. The van der Waals surface area contributed by atoms with Crippen LogP contribution in [0.15, 0.2) is 42.5 Å². The zero-order valence-corrected chi connectivity index (χ0v) is 17.3. The fourth-order valence-electron chi connectivity index (χ4n) is 4.49. The molecule has 154 valence electrons. The predicted octanol–water partition coefficient (Wildman–Crippen LogP) is 3.99. The van der Waals surface area contributed by atoms with Crippen molar-refractivity contribution in [3.63, 3.8) is 0 Å². The molecule has 1 aliphatic heterocycles. The van der Waals surface area contributed by atoms with Crippen LogP contribution in [-0.4, -0.2) is 52.2 Å². The Morgan fingerprint density at radius 2 is 1.86 bits per heavy atom. The zero-order valence-electron chi connectivity index (χ0n) is 17.3. The van der Waals surface area contributed by atoms with Gasteiger partial charge in [0.15, 0.2) is 0 Å². The highest BCUT2D eigenvalue weighted by atomic mass is 19.1. The highest BCUT2D eigenvalue weighted by Gasteiger charge is 2.27. The summed E-state index contributed by atoms with van der Waals surface area (Å²) in [5.74, 6) is -0.200. The molecule has 1 saturated heterocycles. The largest absolute Gasteiger partial charge is 0.396 e. The molecule has 0 amide bonds. The minimum Gasteiger partial charge on any atom is -0.396 e. The molecule has 0 saturated carbocycles.